The Labute approximate surface area is 159 Å². The van der Waals surface area contributed by atoms with Crippen molar-refractivity contribution in [3.05, 3.63) is 54.0 Å². The van der Waals surface area contributed by atoms with Crippen LogP contribution in [0.5, 0.6) is 5.88 Å². The Hall–Kier alpha value is -1.98. The Balaban J connectivity index is 1.86. The number of aromatic nitrogens is 1. The number of furan rings is 1. The second-order valence-electron chi connectivity index (χ2n) is 6.83. The lowest BCUT2D eigenvalue weighted by atomic mass is 10.1. The minimum Gasteiger partial charge on any atom is -0.477 e. The molecule has 0 fully saturated rings. The third-order valence-corrected chi connectivity index (χ3v) is 4.91. The van der Waals surface area contributed by atoms with E-state index < -0.39 is 0 Å². The van der Waals surface area contributed by atoms with Crippen LogP contribution in [0.4, 0.5) is 0 Å². The Bertz CT molecular complexity index is 847. The number of ether oxygens (including phenoxy) is 1. The lowest BCUT2D eigenvalue weighted by Crippen LogP contribution is -2.19. The predicted molar refractivity (Wildman–Crippen MR) is 108 cm³/mol. The van der Waals surface area contributed by atoms with Crippen molar-refractivity contribution in [2.75, 3.05) is 12.9 Å². The molecule has 0 saturated heterocycles. The summed E-state index contributed by atoms with van der Waals surface area (Å²) in [5, 5.41) is 4.63. The largest absolute Gasteiger partial charge is 0.477 e. The number of nitrogens with one attached hydrogen (secondary N) is 1. The first kappa shape index (κ1) is 18.8. The van der Waals surface area contributed by atoms with Gasteiger partial charge in [0.2, 0.25) is 5.88 Å². The van der Waals surface area contributed by atoms with Crippen LogP contribution in [0.25, 0.3) is 10.9 Å². The maximum Gasteiger partial charge on any atom is 0.218 e. The van der Waals surface area contributed by atoms with Gasteiger partial charge in [-0.15, -0.1) is 11.8 Å². The number of pyridine rings is 1. The molecule has 26 heavy (non-hydrogen) atoms. The quantitative estimate of drug-likeness (QED) is 0.535. The lowest BCUT2D eigenvalue weighted by molar-refractivity contribution is 0.258. The fourth-order valence-corrected chi connectivity index (χ4v) is 3.13. The van der Waals surface area contributed by atoms with Gasteiger partial charge in [0.25, 0.3) is 0 Å². The van der Waals surface area contributed by atoms with E-state index in [0.29, 0.717) is 24.9 Å². The number of hydrogen-bond donors (Lipinski definition) is 1. The van der Waals surface area contributed by atoms with Gasteiger partial charge in [0.15, 0.2) is 0 Å². The molecular weight excluding hydrogens is 344 g/mol. The molecule has 3 rings (SSSR count). The molecule has 1 N–H and O–H groups in total. The van der Waals surface area contributed by atoms with Gasteiger partial charge in [-0.1, -0.05) is 19.9 Å². The van der Waals surface area contributed by atoms with E-state index in [1.54, 1.807) is 18.0 Å². The standard InChI is InChI=1S/C21H26N2O2S/c1-14(2)13-25-21-17(12-22-15(3)20-6-5-9-24-20)10-16-7-8-18(26-4)11-19(16)23-21/h5-11,14-15,22H,12-13H2,1-4H3. The number of thioether (sulfide) groups is 1. The molecule has 2 aromatic heterocycles. The summed E-state index contributed by atoms with van der Waals surface area (Å²) >= 11 is 1.72. The fraction of sp³-hybridized carbons (Fsp3) is 0.381. The van der Waals surface area contributed by atoms with Crippen molar-refractivity contribution in [3.63, 3.8) is 0 Å². The van der Waals surface area contributed by atoms with Gasteiger partial charge in [-0.2, -0.15) is 0 Å². The maximum absolute atomic E-state index is 6.02. The highest BCUT2D eigenvalue weighted by molar-refractivity contribution is 7.98. The summed E-state index contributed by atoms with van der Waals surface area (Å²) in [7, 11) is 0. The van der Waals surface area contributed by atoms with Crippen LogP contribution < -0.4 is 10.1 Å². The smallest absolute Gasteiger partial charge is 0.218 e. The molecule has 1 unspecified atom stereocenters. The van der Waals surface area contributed by atoms with Crippen LogP contribution in [-0.4, -0.2) is 17.8 Å². The van der Waals surface area contributed by atoms with Crippen LogP contribution in [0.1, 0.15) is 38.1 Å². The van der Waals surface area contributed by atoms with Gasteiger partial charge in [0.1, 0.15) is 5.76 Å². The Kier molecular flexibility index (Phi) is 6.22. The summed E-state index contributed by atoms with van der Waals surface area (Å²) < 4.78 is 11.5. The van der Waals surface area contributed by atoms with E-state index in [9.17, 15) is 0 Å². The molecule has 2 heterocycles. The van der Waals surface area contributed by atoms with E-state index in [4.69, 9.17) is 14.1 Å². The third-order valence-electron chi connectivity index (χ3n) is 4.19. The maximum atomic E-state index is 6.02. The summed E-state index contributed by atoms with van der Waals surface area (Å²) in [6.45, 7) is 7.70. The van der Waals surface area contributed by atoms with Gasteiger partial charge in [-0.3, -0.25) is 0 Å². The zero-order chi connectivity index (χ0) is 18.5. The summed E-state index contributed by atoms with van der Waals surface area (Å²) in [6, 6.07) is 12.6. The molecule has 138 valence electrons. The number of nitrogens with zero attached hydrogens (tertiary/aromatic N) is 1. The molecule has 5 heteroatoms. The topological polar surface area (TPSA) is 47.3 Å². The second-order valence-corrected chi connectivity index (χ2v) is 7.71. The van der Waals surface area contributed by atoms with Crippen LogP contribution in [0.15, 0.2) is 52.0 Å². The van der Waals surface area contributed by atoms with E-state index in [2.05, 4.69) is 56.6 Å². The van der Waals surface area contributed by atoms with E-state index in [0.717, 1.165) is 22.2 Å². The van der Waals surface area contributed by atoms with Crippen molar-refractivity contribution in [1.82, 2.24) is 10.3 Å². The zero-order valence-corrected chi connectivity index (χ0v) is 16.6. The van der Waals surface area contributed by atoms with E-state index in [-0.39, 0.29) is 6.04 Å². The Morgan fingerprint density at radius 3 is 2.73 bits per heavy atom. The van der Waals surface area contributed by atoms with Crippen LogP contribution >= 0.6 is 11.8 Å². The minimum atomic E-state index is 0.123. The molecule has 3 aromatic rings. The number of fused-ring (bicyclic) bond motifs is 1. The summed E-state index contributed by atoms with van der Waals surface area (Å²) in [6.07, 6.45) is 3.78. The lowest BCUT2D eigenvalue weighted by Gasteiger charge is -2.16. The number of hydrogen-bond acceptors (Lipinski definition) is 5. The summed E-state index contributed by atoms with van der Waals surface area (Å²) in [5.41, 5.74) is 2.03. The van der Waals surface area contributed by atoms with Gasteiger partial charge < -0.3 is 14.5 Å². The van der Waals surface area contributed by atoms with Crippen LogP contribution in [0, 0.1) is 5.92 Å². The van der Waals surface area contributed by atoms with E-state index in [1.165, 1.54) is 4.90 Å². The zero-order valence-electron chi connectivity index (χ0n) is 15.8. The summed E-state index contributed by atoms with van der Waals surface area (Å²) in [4.78, 5) is 6.00. The van der Waals surface area contributed by atoms with Crippen molar-refractivity contribution < 1.29 is 9.15 Å². The van der Waals surface area contributed by atoms with E-state index in [1.807, 2.05) is 12.1 Å². The Morgan fingerprint density at radius 2 is 2.04 bits per heavy atom. The van der Waals surface area contributed by atoms with Crippen molar-refractivity contribution >= 4 is 22.7 Å². The van der Waals surface area contributed by atoms with Crippen LogP contribution in [-0.2, 0) is 6.54 Å². The van der Waals surface area contributed by atoms with Gasteiger partial charge in [0.05, 0.1) is 24.4 Å². The van der Waals surface area contributed by atoms with Gasteiger partial charge in [-0.05, 0) is 49.4 Å². The average Bonchev–Trinajstić information content (AvgIpc) is 3.18. The highest BCUT2D eigenvalue weighted by Gasteiger charge is 2.13. The van der Waals surface area contributed by atoms with Crippen LogP contribution in [0.3, 0.4) is 0 Å². The molecule has 0 aliphatic heterocycles. The number of rotatable bonds is 8. The molecule has 0 saturated carbocycles. The van der Waals surface area contributed by atoms with Crippen molar-refractivity contribution in [2.24, 2.45) is 5.92 Å². The van der Waals surface area contributed by atoms with Crippen molar-refractivity contribution in [1.29, 1.82) is 0 Å². The van der Waals surface area contributed by atoms with Gasteiger partial charge in [-0.25, -0.2) is 4.98 Å². The van der Waals surface area contributed by atoms with Gasteiger partial charge in [0, 0.05) is 22.4 Å². The van der Waals surface area contributed by atoms with E-state index >= 15 is 0 Å². The summed E-state index contributed by atoms with van der Waals surface area (Å²) in [5.74, 6) is 2.09. The average molecular weight is 371 g/mol. The van der Waals surface area contributed by atoms with Gasteiger partial charge >= 0.3 is 0 Å². The molecule has 0 aliphatic carbocycles. The monoisotopic (exact) mass is 370 g/mol. The molecule has 4 nitrogen and oxygen atoms in total. The highest BCUT2D eigenvalue weighted by Crippen LogP contribution is 2.27. The molecule has 0 bridgehead atoms. The SMILES string of the molecule is CSc1ccc2cc(CNC(C)c3ccco3)c(OCC(C)C)nc2c1. The first-order valence-corrected chi connectivity index (χ1v) is 10.2. The second kappa shape index (κ2) is 8.60. The molecule has 0 spiro atoms. The molecule has 1 atom stereocenters. The highest BCUT2D eigenvalue weighted by atomic mass is 32.2. The fourth-order valence-electron chi connectivity index (χ4n) is 2.70. The molecular formula is C21H26N2O2S. The third kappa shape index (κ3) is 4.59. The minimum absolute atomic E-state index is 0.123. The van der Waals surface area contributed by atoms with Crippen molar-refractivity contribution in [2.45, 2.75) is 38.3 Å². The molecule has 1 aromatic carbocycles. The molecule has 0 aliphatic rings. The van der Waals surface area contributed by atoms with Crippen LogP contribution in [0.2, 0.25) is 0 Å². The first-order chi connectivity index (χ1) is 12.6. The first-order valence-electron chi connectivity index (χ1n) is 8.94. The predicted octanol–water partition coefficient (Wildman–Crippen LogP) is 5.44. The Morgan fingerprint density at radius 1 is 1.19 bits per heavy atom. The number of benzene rings is 1. The molecule has 0 amide bonds. The molecule has 0 radical (unpaired) electrons. The van der Waals surface area contributed by atoms with Crippen molar-refractivity contribution in [3.8, 4) is 5.88 Å². The normalized spacial score (nSPS) is 12.7.